The summed E-state index contributed by atoms with van der Waals surface area (Å²) in [5.41, 5.74) is -0.720. The molecule has 1 aromatic heterocycles. The van der Waals surface area contributed by atoms with Gasteiger partial charge in [-0.1, -0.05) is 12.1 Å². The first kappa shape index (κ1) is 13.8. The fourth-order valence-corrected chi connectivity index (χ4v) is 2.02. The van der Waals surface area contributed by atoms with E-state index in [4.69, 9.17) is 4.52 Å². The van der Waals surface area contributed by atoms with Crippen LogP contribution in [0.2, 0.25) is 0 Å². The molecule has 0 bridgehead atoms. The van der Waals surface area contributed by atoms with Gasteiger partial charge in [0.05, 0.1) is 11.6 Å². The largest absolute Gasteiger partial charge is 0.388 e. The van der Waals surface area contributed by atoms with Crippen LogP contribution in [0.1, 0.15) is 50.4 Å². The minimum atomic E-state index is -0.720. The molecule has 1 atom stereocenters. The quantitative estimate of drug-likeness (QED) is 0.741. The Hall–Kier alpha value is -1.63. The number of hydrogen-bond donors (Lipinski definition) is 3. The molecule has 1 heterocycles. The van der Waals surface area contributed by atoms with Gasteiger partial charge in [-0.3, -0.25) is 0 Å². The molecule has 1 aliphatic carbocycles. The fourth-order valence-electron chi connectivity index (χ4n) is 2.02. The molecule has 1 unspecified atom stereocenters. The van der Waals surface area contributed by atoms with Gasteiger partial charge in [-0.25, -0.2) is 4.79 Å². The molecular weight excluding hydrogens is 248 g/mol. The van der Waals surface area contributed by atoms with E-state index in [1.54, 1.807) is 6.92 Å². The van der Waals surface area contributed by atoms with Gasteiger partial charge in [0, 0.05) is 13.5 Å². The molecule has 2 rings (SSSR count). The highest BCUT2D eigenvalue weighted by Crippen LogP contribution is 2.30. The lowest BCUT2D eigenvalue weighted by Gasteiger charge is -2.36. The molecule has 7 nitrogen and oxygen atoms in total. The molecule has 19 heavy (non-hydrogen) atoms. The number of hydrogen-bond acceptors (Lipinski definition) is 5. The van der Waals surface area contributed by atoms with Crippen molar-refractivity contribution in [2.75, 3.05) is 6.54 Å². The minimum Gasteiger partial charge on any atom is -0.388 e. The van der Waals surface area contributed by atoms with Gasteiger partial charge in [0.1, 0.15) is 0 Å². The topological polar surface area (TPSA) is 100 Å². The maximum Gasteiger partial charge on any atom is 0.315 e. The monoisotopic (exact) mass is 268 g/mol. The van der Waals surface area contributed by atoms with E-state index in [0.717, 1.165) is 19.3 Å². The molecule has 0 saturated heterocycles. The first-order valence-corrected chi connectivity index (χ1v) is 6.59. The average molecular weight is 268 g/mol. The van der Waals surface area contributed by atoms with Crippen LogP contribution in [0, 0.1) is 6.92 Å². The molecular formula is C12H20N4O3. The predicted molar refractivity (Wildman–Crippen MR) is 67.4 cm³/mol. The first-order chi connectivity index (χ1) is 9.02. The number of aryl methyl sites for hydroxylation is 1. The van der Waals surface area contributed by atoms with Crippen molar-refractivity contribution in [1.29, 1.82) is 0 Å². The molecule has 106 valence electrons. The van der Waals surface area contributed by atoms with Gasteiger partial charge in [0.25, 0.3) is 0 Å². The summed E-state index contributed by atoms with van der Waals surface area (Å²) in [4.78, 5) is 15.9. The summed E-state index contributed by atoms with van der Waals surface area (Å²) in [7, 11) is 0. The first-order valence-electron chi connectivity index (χ1n) is 6.59. The molecule has 0 aromatic carbocycles. The van der Waals surface area contributed by atoms with Crippen molar-refractivity contribution >= 4 is 6.03 Å². The van der Waals surface area contributed by atoms with Crippen LogP contribution in [0.5, 0.6) is 0 Å². The average Bonchev–Trinajstić information content (AvgIpc) is 2.77. The summed E-state index contributed by atoms with van der Waals surface area (Å²) in [5, 5.41) is 19.1. The van der Waals surface area contributed by atoms with E-state index in [0.29, 0.717) is 18.1 Å². The number of carbonyl (C=O) groups is 1. The van der Waals surface area contributed by atoms with E-state index in [1.807, 2.05) is 6.92 Å². The van der Waals surface area contributed by atoms with E-state index in [-0.39, 0.29) is 18.6 Å². The zero-order valence-electron chi connectivity index (χ0n) is 11.3. The number of aliphatic hydroxyl groups is 1. The van der Waals surface area contributed by atoms with Gasteiger partial charge in [-0.05, 0) is 25.7 Å². The minimum absolute atomic E-state index is 0.278. The van der Waals surface area contributed by atoms with Gasteiger partial charge < -0.3 is 20.3 Å². The lowest BCUT2D eigenvalue weighted by molar-refractivity contribution is -0.0290. The van der Waals surface area contributed by atoms with Gasteiger partial charge >= 0.3 is 6.03 Å². The van der Waals surface area contributed by atoms with Crippen LogP contribution in [0.15, 0.2) is 4.52 Å². The third-order valence-corrected chi connectivity index (χ3v) is 3.43. The van der Waals surface area contributed by atoms with Crippen molar-refractivity contribution < 1.29 is 14.4 Å². The smallest absolute Gasteiger partial charge is 0.315 e. The highest BCUT2D eigenvalue weighted by molar-refractivity contribution is 5.74. The summed E-state index contributed by atoms with van der Waals surface area (Å²) in [6.07, 6.45) is 3.17. The molecule has 0 aliphatic heterocycles. The summed E-state index contributed by atoms with van der Waals surface area (Å²) >= 11 is 0. The Labute approximate surface area is 111 Å². The molecule has 1 fully saturated rings. The molecule has 3 N–H and O–H groups in total. The molecule has 7 heteroatoms. The number of nitrogens with one attached hydrogen (secondary N) is 2. The van der Waals surface area contributed by atoms with Gasteiger partial charge in [-0.15, -0.1) is 0 Å². The standard InChI is InChI=1S/C12H20N4O3/c1-3-9(10-14-8(2)19-16-10)15-11(17)13-7-12(18)5-4-6-12/h9,18H,3-7H2,1-2H3,(H2,13,15,17). The summed E-state index contributed by atoms with van der Waals surface area (Å²) in [6.45, 7) is 3.91. The van der Waals surface area contributed by atoms with Crippen molar-refractivity contribution in [3.05, 3.63) is 11.7 Å². The van der Waals surface area contributed by atoms with Gasteiger partial charge in [0.2, 0.25) is 5.89 Å². The Balaban J connectivity index is 1.82. The summed E-state index contributed by atoms with van der Waals surface area (Å²) < 4.78 is 4.90. The Bertz CT molecular complexity index is 442. The normalized spacial score (nSPS) is 18.5. The van der Waals surface area contributed by atoms with E-state index in [2.05, 4.69) is 20.8 Å². The van der Waals surface area contributed by atoms with Crippen LogP contribution in [0.3, 0.4) is 0 Å². The highest BCUT2D eigenvalue weighted by atomic mass is 16.5. The molecule has 1 saturated carbocycles. The van der Waals surface area contributed by atoms with Crippen molar-refractivity contribution in [3.63, 3.8) is 0 Å². The Morgan fingerprint density at radius 3 is 2.79 bits per heavy atom. The second-order valence-corrected chi connectivity index (χ2v) is 5.04. The maximum absolute atomic E-state index is 11.8. The van der Waals surface area contributed by atoms with Crippen LogP contribution in [0.4, 0.5) is 4.79 Å². The second-order valence-electron chi connectivity index (χ2n) is 5.04. The van der Waals surface area contributed by atoms with Crippen molar-refractivity contribution in [1.82, 2.24) is 20.8 Å². The van der Waals surface area contributed by atoms with Crippen molar-refractivity contribution in [3.8, 4) is 0 Å². The zero-order valence-corrected chi connectivity index (χ0v) is 11.3. The lowest BCUT2D eigenvalue weighted by Crippen LogP contribution is -2.50. The van der Waals surface area contributed by atoms with Crippen LogP contribution in [0.25, 0.3) is 0 Å². The zero-order chi connectivity index (χ0) is 13.9. The Morgan fingerprint density at radius 1 is 1.58 bits per heavy atom. The molecule has 1 aromatic rings. The number of amides is 2. The number of carbonyl (C=O) groups excluding carboxylic acids is 1. The lowest BCUT2D eigenvalue weighted by atomic mass is 9.80. The molecule has 1 aliphatic rings. The Morgan fingerprint density at radius 2 is 2.32 bits per heavy atom. The molecule has 0 spiro atoms. The summed E-state index contributed by atoms with van der Waals surface area (Å²) in [5.74, 6) is 0.942. The fraction of sp³-hybridized carbons (Fsp3) is 0.750. The van der Waals surface area contributed by atoms with Crippen LogP contribution < -0.4 is 10.6 Å². The van der Waals surface area contributed by atoms with Crippen LogP contribution in [-0.2, 0) is 0 Å². The third kappa shape index (κ3) is 3.44. The van der Waals surface area contributed by atoms with E-state index < -0.39 is 5.60 Å². The number of rotatable bonds is 5. The maximum atomic E-state index is 11.8. The molecule has 0 radical (unpaired) electrons. The molecule has 2 amide bonds. The number of urea groups is 1. The SMILES string of the molecule is CCC(NC(=O)NCC1(O)CCC1)c1noc(C)n1. The Kier molecular flexibility index (Phi) is 4.04. The number of nitrogens with zero attached hydrogens (tertiary/aromatic N) is 2. The third-order valence-electron chi connectivity index (χ3n) is 3.43. The predicted octanol–water partition coefficient (Wildman–Crippen LogP) is 1.04. The van der Waals surface area contributed by atoms with Crippen molar-refractivity contribution in [2.24, 2.45) is 0 Å². The second kappa shape index (κ2) is 5.56. The highest BCUT2D eigenvalue weighted by Gasteiger charge is 2.34. The van der Waals surface area contributed by atoms with Crippen LogP contribution in [-0.4, -0.2) is 33.4 Å². The van der Waals surface area contributed by atoms with E-state index >= 15 is 0 Å². The van der Waals surface area contributed by atoms with Crippen LogP contribution >= 0.6 is 0 Å². The van der Waals surface area contributed by atoms with Crippen molar-refractivity contribution in [2.45, 2.75) is 51.2 Å². The number of aromatic nitrogens is 2. The summed E-state index contributed by atoms with van der Waals surface area (Å²) in [6, 6.07) is -0.608. The van der Waals surface area contributed by atoms with Gasteiger partial charge in [-0.2, -0.15) is 4.98 Å². The van der Waals surface area contributed by atoms with E-state index in [1.165, 1.54) is 0 Å². The van der Waals surface area contributed by atoms with E-state index in [9.17, 15) is 9.90 Å². The van der Waals surface area contributed by atoms with Gasteiger partial charge in [0.15, 0.2) is 5.82 Å².